The molecule has 0 aromatic heterocycles. The minimum Gasteiger partial charge on any atom is -0.320 e. The van der Waals surface area contributed by atoms with Gasteiger partial charge in [-0.05, 0) is 42.0 Å². The average Bonchev–Trinajstić information content (AvgIpc) is 2.36. The van der Waals surface area contributed by atoms with E-state index in [9.17, 15) is 8.78 Å². The van der Waals surface area contributed by atoms with Gasteiger partial charge in [-0.3, -0.25) is 0 Å². The second kappa shape index (κ2) is 5.85. The first-order valence-corrected chi connectivity index (χ1v) is 7.86. The fourth-order valence-electron chi connectivity index (χ4n) is 2.89. The molecule has 1 nitrogen and oxygen atoms in total. The highest BCUT2D eigenvalue weighted by atomic mass is 79.9. The van der Waals surface area contributed by atoms with E-state index in [4.69, 9.17) is 5.73 Å². The minimum absolute atomic E-state index is 0.0648. The van der Waals surface area contributed by atoms with Crippen molar-refractivity contribution in [2.75, 3.05) is 0 Å². The van der Waals surface area contributed by atoms with Gasteiger partial charge in [-0.15, -0.1) is 0 Å². The van der Waals surface area contributed by atoms with E-state index >= 15 is 0 Å². The Bertz CT molecular complexity index is 645. The van der Waals surface area contributed by atoms with Crippen LogP contribution in [0.1, 0.15) is 47.9 Å². The Kier molecular flexibility index (Phi) is 4.09. The summed E-state index contributed by atoms with van der Waals surface area (Å²) in [7, 11) is 0. The van der Waals surface area contributed by atoms with Gasteiger partial charge in [-0.2, -0.15) is 0 Å². The first kappa shape index (κ1) is 14.7. The van der Waals surface area contributed by atoms with Crippen LogP contribution in [-0.4, -0.2) is 0 Å². The number of benzene rings is 2. The minimum atomic E-state index is -0.783. The molecule has 1 unspecified atom stereocenters. The van der Waals surface area contributed by atoms with Crippen molar-refractivity contribution in [2.45, 2.75) is 31.2 Å². The third-order valence-corrected chi connectivity index (χ3v) is 4.69. The molecule has 1 aliphatic rings. The van der Waals surface area contributed by atoms with Crippen LogP contribution in [0.3, 0.4) is 0 Å². The third-order valence-electron chi connectivity index (χ3n) is 4.23. The first-order valence-electron chi connectivity index (χ1n) is 7.06. The topological polar surface area (TPSA) is 26.0 Å². The van der Waals surface area contributed by atoms with Crippen molar-refractivity contribution in [1.29, 1.82) is 0 Å². The van der Waals surface area contributed by atoms with Crippen LogP contribution in [-0.2, 0) is 0 Å². The molecule has 2 aromatic carbocycles. The van der Waals surface area contributed by atoms with E-state index in [0.717, 1.165) is 24.0 Å². The highest BCUT2D eigenvalue weighted by Crippen LogP contribution is 2.40. The molecule has 0 heterocycles. The lowest BCUT2D eigenvalue weighted by molar-refractivity contribution is 0.415. The molecule has 1 atom stereocenters. The molecule has 1 fully saturated rings. The third kappa shape index (κ3) is 2.74. The maximum absolute atomic E-state index is 14.1. The summed E-state index contributed by atoms with van der Waals surface area (Å²) in [6.07, 6.45) is 3.44. The average molecular weight is 352 g/mol. The molecule has 1 saturated carbocycles. The first-order chi connectivity index (χ1) is 10.1. The predicted octanol–water partition coefficient (Wildman–Crippen LogP) is 5.04. The zero-order valence-electron chi connectivity index (χ0n) is 11.5. The van der Waals surface area contributed by atoms with E-state index in [1.54, 1.807) is 0 Å². The molecule has 4 heteroatoms. The molecule has 110 valence electrons. The molecule has 1 aliphatic carbocycles. The van der Waals surface area contributed by atoms with Crippen LogP contribution in [0.2, 0.25) is 0 Å². The van der Waals surface area contributed by atoms with Crippen LogP contribution in [0.4, 0.5) is 8.78 Å². The van der Waals surface area contributed by atoms with Crippen molar-refractivity contribution in [3.05, 3.63) is 69.2 Å². The molecule has 0 saturated heterocycles. The lowest BCUT2D eigenvalue weighted by Gasteiger charge is -2.29. The van der Waals surface area contributed by atoms with Crippen molar-refractivity contribution >= 4 is 15.9 Å². The summed E-state index contributed by atoms with van der Waals surface area (Å²) in [6, 6.07) is 9.45. The highest BCUT2D eigenvalue weighted by Gasteiger charge is 2.26. The van der Waals surface area contributed by atoms with Gasteiger partial charge in [0.1, 0.15) is 11.6 Å². The van der Waals surface area contributed by atoms with Crippen molar-refractivity contribution in [1.82, 2.24) is 0 Å². The molecule has 0 bridgehead atoms. The summed E-state index contributed by atoms with van der Waals surface area (Å²) in [4.78, 5) is 0. The monoisotopic (exact) mass is 351 g/mol. The molecule has 2 aromatic rings. The summed E-state index contributed by atoms with van der Waals surface area (Å²) in [5, 5.41) is 0. The maximum Gasteiger partial charge on any atom is 0.132 e. The second-order valence-electron chi connectivity index (χ2n) is 5.52. The Hall–Kier alpha value is -1.26. The van der Waals surface area contributed by atoms with Gasteiger partial charge >= 0.3 is 0 Å². The lowest BCUT2D eigenvalue weighted by atomic mass is 9.76. The number of hydrogen-bond donors (Lipinski definition) is 1. The summed E-state index contributed by atoms with van der Waals surface area (Å²) < 4.78 is 28.6. The van der Waals surface area contributed by atoms with Crippen LogP contribution in [0, 0.1) is 11.6 Å². The molecular weight excluding hydrogens is 336 g/mol. The molecule has 21 heavy (non-hydrogen) atoms. The fraction of sp³-hybridized carbons (Fsp3) is 0.294. The summed E-state index contributed by atoms with van der Waals surface area (Å²) in [6.45, 7) is 0. The van der Waals surface area contributed by atoms with Gasteiger partial charge in [-0.25, -0.2) is 8.78 Å². The van der Waals surface area contributed by atoms with Crippen LogP contribution < -0.4 is 5.73 Å². The van der Waals surface area contributed by atoms with E-state index in [1.165, 1.54) is 18.6 Å². The molecule has 0 radical (unpaired) electrons. The number of rotatable bonds is 3. The van der Waals surface area contributed by atoms with Gasteiger partial charge in [0.2, 0.25) is 0 Å². The standard InChI is InChI=1S/C17H16BrF2N/c18-11-8-14(19)16(15(20)9-11)17(21)13-7-2-1-6-12(13)10-4-3-5-10/h1-2,6-10,17H,3-5,21H2. The molecule has 0 aliphatic heterocycles. The molecule has 0 amide bonds. The predicted molar refractivity (Wildman–Crippen MR) is 83.1 cm³/mol. The van der Waals surface area contributed by atoms with Crippen LogP contribution >= 0.6 is 15.9 Å². The van der Waals surface area contributed by atoms with E-state index < -0.39 is 17.7 Å². The Morgan fingerprint density at radius 1 is 1.10 bits per heavy atom. The molecule has 0 spiro atoms. The van der Waals surface area contributed by atoms with Crippen LogP contribution in [0.5, 0.6) is 0 Å². The Balaban J connectivity index is 2.05. The SMILES string of the molecule is NC(c1ccccc1C1CCC1)c1c(F)cc(Br)cc1F. The van der Waals surface area contributed by atoms with Crippen molar-refractivity contribution in [3.63, 3.8) is 0 Å². The van der Waals surface area contributed by atoms with E-state index in [2.05, 4.69) is 15.9 Å². The smallest absolute Gasteiger partial charge is 0.132 e. The van der Waals surface area contributed by atoms with Gasteiger partial charge < -0.3 is 5.73 Å². The molecule has 2 N–H and O–H groups in total. The number of hydrogen-bond acceptors (Lipinski definition) is 1. The fourth-order valence-corrected chi connectivity index (χ4v) is 3.29. The van der Waals surface area contributed by atoms with Crippen molar-refractivity contribution in [2.24, 2.45) is 5.73 Å². The summed E-state index contributed by atoms with van der Waals surface area (Å²) in [5.74, 6) is -0.760. The maximum atomic E-state index is 14.1. The van der Waals surface area contributed by atoms with E-state index in [-0.39, 0.29) is 5.56 Å². The van der Waals surface area contributed by atoms with Gasteiger partial charge in [0.25, 0.3) is 0 Å². The van der Waals surface area contributed by atoms with Gasteiger partial charge in [0, 0.05) is 10.0 Å². The van der Waals surface area contributed by atoms with Crippen molar-refractivity contribution < 1.29 is 8.78 Å². The Morgan fingerprint density at radius 2 is 1.71 bits per heavy atom. The lowest BCUT2D eigenvalue weighted by Crippen LogP contribution is -2.20. The normalized spacial score (nSPS) is 16.6. The molecular formula is C17H16BrF2N. The summed E-state index contributed by atoms with van der Waals surface area (Å²) in [5.41, 5.74) is 8.07. The Morgan fingerprint density at radius 3 is 2.29 bits per heavy atom. The van der Waals surface area contributed by atoms with Crippen LogP contribution in [0.15, 0.2) is 40.9 Å². The quantitative estimate of drug-likeness (QED) is 0.823. The van der Waals surface area contributed by atoms with Gasteiger partial charge in [0.15, 0.2) is 0 Å². The number of nitrogens with two attached hydrogens (primary N) is 1. The zero-order chi connectivity index (χ0) is 15.0. The second-order valence-corrected chi connectivity index (χ2v) is 6.43. The van der Waals surface area contributed by atoms with E-state index in [0.29, 0.717) is 10.4 Å². The summed E-state index contributed by atoms with van der Waals surface area (Å²) >= 11 is 3.09. The van der Waals surface area contributed by atoms with E-state index in [1.807, 2.05) is 24.3 Å². The van der Waals surface area contributed by atoms with Gasteiger partial charge in [0.05, 0.1) is 6.04 Å². The van der Waals surface area contributed by atoms with Gasteiger partial charge in [-0.1, -0.05) is 46.6 Å². The van der Waals surface area contributed by atoms with Crippen molar-refractivity contribution in [3.8, 4) is 0 Å². The van der Waals surface area contributed by atoms with Crippen LogP contribution in [0.25, 0.3) is 0 Å². The highest BCUT2D eigenvalue weighted by molar-refractivity contribution is 9.10. The Labute approximate surface area is 131 Å². The largest absolute Gasteiger partial charge is 0.320 e. The molecule has 3 rings (SSSR count). The zero-order valence-corrected chi connectivity index (χ0v) is 13.0. The number of halogens is 3.